The Morgan fingerprint density at radius 1 is 1.14 bits per heavy atom. The molecule has 3 aromatic rings. The number of amides is 1. The van der Waals surface area contributed by atoms with Crippen LogP contribution < -0.4 is 5.32 Å². The minimum absolute atomic E-state index is 0.0639. The molecular formula is C16H13N3OS. The van der Waals surface area contributed by atoms with Gasteiger partial charge in [-0.25, -0.2) is 0 Å². The lowest BCUT2D eigenvalue weighted by molar-refractivity contribution is 0.0955. The third-order valence-electron chi connectivity index (χ3n) is 3.01. The molecule has 5 heteroatoms. The number of hydrogen-bond donors (Lipinski definition) is 1. The Balaban J connectivity index is 1.79. The third-order valence-corrected chi connectivity index (χ3v) is 3.88. The van der Waals surface area contributed by atoms with Crippen molar-refractivity contribution in [3.8, 4) is 11.3 Å². The molecule has 0 bridgehead atoms. The molecule has 21 heavy (non-hydrogen) atoms. The van der Waals surface area contributed by atoms with E-state index in [0.29, 0.717) is 11.4 Å². The van der Waals surface area contributed by atoms with Crippen molar-refractivity contribution in [3.63, 3.8) is 0 Å². The highest BCUT2D eigenvalue weighted by atomic mass is 32.1. The number of aromatic nitrogens is 2. The first kappa shape index (κ1) is 13.5. The predicted octanol–water partition coefficient (Wildman–Crippen LogP) is 3.14. The molecule has 0 aliphatic carbocycles. The largest absolute Gasteiger partial charge is 0.347 e. The van der Waals surface area contributed by atoms with Crippen LogP contribution in [0.5, 0.6) is 0 Å². The van der Waals surface area contributed by atoms with E-state index >= 15 is 0 Å². The Bertz CT molecular complexity index is 726. The fourth-order valence-electron chi connectivity index (χ4n) is 2.01. The molecule has 0 fully saturated rings. The highest BCUT2D eigenvalue weighted by Gasteiger charge is 2.09. The average Bonchev–Trinajstić information content (AvgIpc) is 3.08. The zero-order chi connectivity index (χ0) is 14.5. The van der Waals surface area contributed by atoms with E-state index in [1.807, 2.05) is 41.8 Å². The average molecular weight is 295 g/mol. The van der Waals surface area contributed by atoms with Gasteiger partial charge in [-0.05, 0) is 35.2 Å². The minimum Gasteiger partial charge on any atom is -0.347 e. The van der Waals surface area contributed by atoms with Gasteiger partial charge in [-0.15, -0.1) is 11.3 Å². The van der Waals surface area contributed by atoms with Crippen molar-refractivity contribution in [1.82, 2.24) is 15.3 Å². The van der Waals surface area contributed by atoms with Gasteiger partial charge in [0, 0.05) is 30.7 Å². The molecule has 0 aliphatic rings. The van der Waals surface area contributed by atoms with Crippen LogP contribution in [0, 0.1) is 0 Å². The number of nitrogens with zero attached hydrogens (tertiary/aromatic N) is 2. The van der Waals surface area contributed by atoms with Gasteiger partial charge in [-0.1, -0.05) is 12.1 Å². The summed E-state index contributed by atoms with van der Waals surface area (Å²) >= 11 is 1.43. The number of rotatable bonds is 4. The maximum atomic E-state index is 12.0. The molecule has 1 amide bonds. The van der Waals surface area contributed by atoms with Crippen molar-refractivity contribution in [2.24, 2.45) is 0 Å². The first-order valence-corrected chi connectivity index (χ1v) is 7.38. The van der Waals surface area contributed by atoms with E-state index in [4.69, 9.17) is 0 Å². The van der Waals surface area contributed by atoms with E-state index in [2.05, 4.69) is 15.3 Å². The van der Waals surface area contributed by atoms with Crippen LogP contribution in [0.15, 0.2) is 60.4 Å². The van der Waals surface area contributed by atoms with Crippen molar-refractivity contribution in [3.05, 3.63) is 70.8 Å². The van der Waals surface area contributed by atoms with Crippen LogP contribution in [0.2, 0.25) is 0 Å². The zero-order valence-electron chi connectivity index (χ0n) is 11.2. The second kappa shape index (κ2) is 6.28. The van der Waals surface area contributed by atoms with Crippen molar-refractivity contribution in [2.75, 3.05) is 0 Å². The maximum Gasteiger partial charge on any atom is 0.261 e. The summed E-state index contributed by atoms with van der Waals surface area (Å²) in [6, 6.07) is 11.3. The zero-order valence-corrected chi connectivity index (χ0v) is 12.0. The summed E-state index contributed by atoms with van der Waals surface area (Å²) in [5.41, 5.74) is 2.76. The maximum absolute atomic E-state index is 12.0. The van der Waals surface area contributed by atoms with Gasteiger partial charge in [0.1, 0.15) is 0 Å². The molecule has 4 nitrogen and oxygen atoms in total. The van der Waals surface area contributed by atoms with E-state index in [-0.39, 0.29) is 5.91 Å². The molecule has 0 saturated carbocycles. The second-order valence-corrected chi connectivity index (χ2v) is 5.36. The van der Waals surface area contributed by atoms with Crippen LogP contribution in [0.1, 0.15) is 15.2 Å². The van der Waals surface area contributed by atoms with Crippen LogP contribution in [-0.2, 0) is 6.54 Å². The molecule has 3 rings (SSSR count). The highest BCUT2D eigenvalue weighted by molar-refractivity contribution is 7.12. The Kier molecular flexibility index (Phi) is 4.02. The van der Waals surface area contributed by atoms with Gasteiger partial charge in [0.05, 0.1) is 10.6 Å². The van der Waals surface area contributed by atoms with Gasteiger partial charge >= 0.3 is 0 Å². The lowest BCUT2D eigenvalue weighted by Crippen LogP contribution is -2.22. The second-order valence-electron chi connectivity index (χ2n) is 4.41. The lowest BCUT2D eigenvalue weighted by atomic mass is 10.1. The minimum atomic E-state index is -0.0639. The van der Waals surface area contributed by atoms with Gasteiger partial charge < -0.3 is 5.32 Å². The number of pyridine rings is 2. The number of carbonyl (C=O) groups is 1. The molecule has 0 unspecified atom stereocenters. The summed E-state index contributed by atoms with van der Waals surface area (Å²) in [5.74, 6) is -0.0639. The number of hydrogen-bond acceptors (Lipinski definition) is 4. The molecule has 3 heterocycles. The van der Waals surface area contributed by atoms with Gasteiger partial charge in [0.2, 0.25) is 0 Å². The summed E-state index contributed by atoms with van der Waals surface area (Å²) in [6.07, 6.45) is 5.24. The molecule has 0 atom stereocenters. The van der Waals surface area contributed by atoms with Gasteiger partial charge in [-0.2, -0.15) is 0 Å². The Morgan fingerprint density at radius 2 is 2.05 bits per heavy atom. The number of carbonyl (C=O) groups excluding carboxylic acids is 1. The first-order valence-electron chi connectivity index (χ1n) is 6.50. The normalized spacial score (nSPS) is 10.3. The Hall–Kier alpha value is -2.53. The van der Waals surface area contributed by atoms with E-state index < -0.39 is 0 Å². The van der Waals surface area contributed by atoms with E-state index in [1.54, 1.807) is 18.6 Å². The topological polar surface area (TPSA) is 54.9 Å². The summed E-state index contributed by atoms with van der Waals surface area (Å²) in [6.45, 7) is 0.439. The molecule has 104 valence electrons. The highest BCUT2D eigenvalue weighted by Crippen LogP contribution is 2.20. The fraction of sp³-hybridized carbons (Fsp3) is 0.0625. The molecule has 0 spiro atoms. The summed E-state index contributed by atoms with van der Waals surface area (Å²) in [7, 11) is 0. The smallest absolute Gasteiger partial charge is 0.261 e. The monoisotopic (exact) mass is 295 g/mol. The molecular weight excluding hydrogens is 282 g/mol. The Morgan fingerprint density at radius 3 is 2.81 bits per heavy atom. The van der Waals surface area contributed by atoms with Crippen LogP contribution in [0.4, 0.5) is 0 Å². The Labute approximate surface area is 126 Å². The standard InChI is InChI=1S/C16H13N3OS/c20-16(14-6-3-9-21-14)19-11-13-5-2-8-18-15(13)12-4-1-7-17-10-12/h1-10H,11H2,(H,19,20). The molecule has 1 N–H and O–H groups in total. The number of thiophene rings is 1. The molecule has 0 aromatic carbocycles. The van der Waals surface area contributed by atoms with Gasteiger partial charge in [0.25, 0.3) is 5.91 Å². The van der Waals surface area contributed by atoms with Crippen molar-refractivity contribution < 1.29 is 4.79 Å². The molecule has 0 saturated heterocycles. The van der Waals surface area contributed by atoms with E-state index in [0.717, 1.165) is 16.8 Å². The van der Waals surface area contributed by atoms with Crippen LogP contribution >= 0.6 is 11.3 Å². The van der Waals surface area contributed by atoms with Crippen molar-refractivity contribution in [1.29, 1.82) is 0 Å². The van der Waals surface area contributed by atoms with Crippen molar-refractivity contribution >= 4 is 17.2 Å². The lowest BCUT2D eigenvalue weighted by Gasteiger charge is -2.09. The first-order chi connectivity index (χ1) is 10.3. The van der Waals surface area contributed by atoms with Gasteiger partial charge in [-0.3, -0.25) is 14.8 Å². The van der Waals surface area contributed by atoms with E-state index in [1.165, 1.54) is 11.3 Å². The number of nitrogens with one attached hydrogen (secondary N) is 1. The molecule has 3 aromatic heterocycles. The summed E-state index contributed by atoms with van der Waals surface area (Å²) in [4.78, 5) is 21.2. The van der Waals surface area contributed by atoms with E-state index in [9.17, 15) is 4.79 Å². The summed E-state index contributed by atoms with van der Waals surface area (Å²) < 4.78 is 0. The quantitative estimate of drug-likeness (QED) is 0.804. The van der Waals surface area contributed by atoms with Crippen molar-refractivity contribution in [2.45, 2.75) is 6.54 Å². The van der Waals surface area contributed by atoms with Crippen LogP contribution in [0.25, 0.3) is 11.3 Å². The third kappa shape index (κ3) is 3.14. The molecule has 0 aliphatic heterocycles. The van der Waals surface area contributed by atoms with Crippen LogP contribution in [-0.4, -0.2) is 15.9 Å². The van der Waals surface area contributed by atoms with Crippen LogP contribution in [0.3, 0.4) is 0 Å². The summed E-state index contributed by atoms with van der Waals surface area (Å²) in [5, 5.41) is 4.81. The van der Waals surface area contributed by atoms with Gasteiger partial charge in [0.15, 0.2) is 0 Å². The fourth-order valence-corrected chi connectivity index (χ4v) is 2.65. The molecule has 0 radical (unpaired) electrons. The predicted molar refractivity (Wildman–Crippen MR) is 83.0 cm³/mol. The SMILES string of the molecule is O=C(NCc1cccnc1-c1cccnc1)c1cccs1.